The highest BCUT2D eigenvalue weighted by molar-refractivity contribution is 5.75. The highest BCUT2D eigenvalue weighted by Gasteiger charge is 2.17. The van der Waals surface area contributed by atoms with Crippen molar-refractivity contribution in [3.05, 3.63) is 0 Å². The first-order chi connectivity index (χ1) is 8.76. The Hall–Kier alpha value is -0.650. The summed E-state index contributed by atoms with van der Waals surface area (Å²) in [5.41, 5.74) is 0. The minimum Gasteiger partial charge on any atom is -0.468 e. The fourth-order valence-electron chi connectivity index (χ4n) is 1.80. The van der Waals surface area contributed by atoms with Crippen molar-refractivity contribution in [1.82, 2.24) is 16.0 Å². The lowest BCUT2D eigenvalue weighted by Crippen LogP contribution is -2.38. The lowest BCUT2D eigenvalue weighted by molar-refractivity contribution is -0.143. The van der Waals surface area contributed by atoms with E-state index in [4.69, 9.17) is 4.74 Å². The van der Waals surface area contributed by atoms with E-state index < -0.39 is 0 Å². The first-order valence-electron chi connectivity index (χ1n) is 6.86. The summed E-state index contributed by atoms with van der Waals surface area (Å²) < 4.78 is 4.82. The zero-order chi connectivity index (χ0) is 13.6. The van der Waals surface area contributed by atoms with Gasteiger partial charge in [0.2, 0.25) is 0 Å². The van der Waals surface area contributed by atoms with Crippen LogP contribution in [0.2, 0.25) is 0 Å². The summed E-state index contributed by atoms with van der Waals surface area (Å²) >= 11 is 0. The number of esters is 1. The third-order valence-corrected chi connectivity index (χ3v) is 2.90. The Morgan fingerprint density at radius 1 is 1.00 bits per heavy atom. The maximum atomic E-state index is 11.6. The Bertz CT molecular complexity index is 201. The second kappa shape index (κ2) is 12.8. The summed E-state index contributed by atoms with van der Waals surface area (Å²) in [6.07, 6.45) is 5.16. The molecule has 0 unspecified atom stereocenters. The van der Waals surface area contributed by atoms with E-state index in [1.807, 2.05) is 14.1 Å². The predicted octanol–water partition coefficient (Wildman–Crippen LogP) is 0.507. The van der Waals surface area contributed by atoms with Crippen LogP contribution in [-0.4, -0.2) is 52.9 Å². The largest absolute Gasteiger partial charge is 0.468 e. The van der Waals surface area contributed by atoms with Gasteiger partial charge in [-0.25, -0.2) is 0 Å². The van der Waals surface area contributed by atoms with Crippen molar-refractivity contribution in [3.63, 3.8) is 0 Å². The number of unbranched alkanes of at least 4 members (excludes halogenated alkanes) is 2. The van der Waals surface area contributed by atoms with E-state index in [2.05, 4.69) is 16.0 Å². The summed E-state index contributed by atoms with van der Waals surface area (Å²) in [4.78, 5) is 11.6. The van der Waals surface area contributed by atoms with Crippen LogP contribution in [0.3, 0.4) is 0 Å². The molecule has 108 valence electrons. The van der Waals surface area contributed by atoms with Crippen molar-refractivity contribution in [1.29, 1.82) is 0 Å². The van der Waals surface area contributed by atoms with Crippen LogP contribution in [0.25, 0.3) is 0 Å². The number of nitrogens with one attached hydrogen (secondary N) is 3. The summed E-state index contributed by atoms with van der Waals surface area (Å²) in [7, 11) is 5.34. The van der Waals surface area contributed by atoms with Crippen LogP contribution >= 0.6 is 0 Å². The zero-order valence-electron chi connectivity index (χ0n) is 12.1. The van der Waals surface area contributed by atoms with E-state index >= 15 is 0 Å². The van der Waals surface area contributed by atoms with Gasteiger partial charge in [-0.15, -0.1) is 0 Å². The standard InChI is InChI=1S/C13H29N3O2/c1-14-9-5-4-8-12(13(17)18-3)16-11-7-6-10-15-2/h12,14-16H,4-11H2,1-3H3/t12-/m0/s1. The third-order valence-electron chi connectivity index (χ3n) is 2.90. The second-order valence-corrected chi connectivity index (χ2v) is 4.44. The van der Waals surface area contributed by atoms with Gasteiger partial charge in [0.15, 0.2) is 0 Å². The molecule has 0 aromatic rings. The molecule has 3 N–H and O–H groups in total. The van der Waals surface area contributed by atoms with Gasteiger partial charge in [0.05, 0.1) is 7.11 Å². The SMILES string of the molecule is CNCCCCN[C@@H](CCCCNC)C(=O)OC. The average molecular weight is 259 g/mol. The Morgan fingerprint density at radius 2 is 1.56 bits per heavy atom. The maximum absolute atomic E-state index is 11.6. The second-order valence-electron chi connectivity index (χ2n) is 4.44. The summed E-state index contributed by atoms with van der Waals surface area (Å²) in [5, 5.41) is 9.50. The Kier molecular flexibility index (Phi) is 12.3. The fourth-order valence-corrected chi connectivity index (χ4v) is 1.80. The van der Waals surface area contributed by atoms with Crippen LogP contribution in [0.5, 0.6) is 0 Å². The lowest BCUT2D eigenvalue weighted by atomic mass is 10.1. The van der Waals surface area contributed by atoms with E-state index in [0.717, 1.165) is 51.7 Å². The summed E-state index contributed by atoms with van der Waals surface area (Å²) in [6.45, 7) is 2.89. The van der Waals surface area contributed by atoms with Gasteiger partial charge >= 0.3 is 5.97 Å². The lowest BCUT2D eigenvalue weighted by Gasteiger charge is -2.16. The highest BCUT2D eigenvalue weighted by atomic mass is 16.5. The van der Waals surface area contributed by atoms with Crippen LogP contribution in [0.15, 0.2) is 0 Å². The molecule has 0 saturated carbocycles. The van der Waals surface area contributed by atoms with Crippen molar-refractivity contribution in [2.45, 2.75) is 38.1 Å². The number of hydrogen-bond acceptors (Lipinski definition) is 5. The Balaban J connectivity index is 3.74. The quantitative estimate of drug-likeness (QED) is 0.352. The molecule has 0 amide bonds. The number of carbonyl (C=O) groups is 1. The molecule has 0 bridgehead atoms. The van der Waals surface area contributed by atoms with Crippen molar-refractivity contribution in [3.8, 4) is 0 Å². The molecule has 0 fully saturated rings. The van der Waals surface area contributed by atoms with E-state index in [-0.39, 0.29) is 12.0 Å². The summed E-state index contributed by atoms with van der Waals surface area (Å²) in [5.74, 6) is -0.145. The topological polar surface area (TPSA) is 62.4 Å². The van der Waals surface area contributed by atoms with E-state index in [1.54, 1.807) is 0 Å². The Labute approximate surface area is 111 Å². The van der Waals surface area contributed by atoms with Gasteiger partial charge in [0.1, 0.15) is 6.04 Å². The molecule has 0 aliphatic rings. The monoisotopic (exact) mass is 259 g/mol. The van der Waals surface area contributed by atoms with Gasteiger partial charge in [0.25, 0.3) is 0 Å². The first-order valence-corrected chi connectivity index (χ1v) is 6.86. The Morgan fingerprint density at radius 3 is 2.11 bits per heavy atom. The third kappa shape index (κ3) is 9.39. The number of methoxy groups -OCH3 is 1. The molecular weight excluding hydrogens is 230 g/mol. The minimum atomic E-state index is -0.151. The number of carbonyl (C=O) groups excluding carboxylic acids is 1. The van der Waals surface area contributed by atoms with Crippen molar-refractivity contribution < 1.29 is 9.53 Å². The number of ether oxygens (including phenoxy) is 1. The minimum absolute atomic E-state index is 0.145. The van der Waals surface area contributed by atoms with Crippen molar-refractivity contribution >= 4 is 5.97 Å². The van der Waals surface area contributed by atoms with Gasteiger partial charge in [0, 0.05) is 0 Å². The van der Waals surface area contributed by atoms with Gasteiger partial charge in [-0.3, -0.25) is 4.79 Å². The molecule has 0 spiro atoms. The predicted molar refractivity (Wildman–Crippen MR) is 74.7 cm³/mol. The van der Waals surface area contributed by atoms with Crippen LogP contribution in [0.4, 0.5) is 0 Å². The molecule has 5 heteroatoms. The van der Waals surface area contributed by atoms with E-state index in [9.17, 15) is 4.79 Å². The van der Waals surface area contributed by atoms with Crippen LogP contribution in [0.1, 0.15) is 32.1 Å². The molecule has 0 radical (unpaired) electrons. The van der Waals surface area contributed by atoms with Crippen LogP contribution < -0.4 is 16.0 Å². The average Bonchev–Trinajstić information content (AvgIpc) is 2.40. The molecule has 0 aromatic heterocycles. The molecule has 0 saturated heterocycles. The van der Waals surface area contributed by atoms with Crippen LogP contribution in [-0.2, 0) is 9.53 Å². The summed E-state index contributed by atoms with van der Waals surface area (Å²) in [6, 6.07) is -0.151. The molecule has 0 aromatic carbocycles. The van der Waals surface area contributed by atoms with E-state index in [0.29, 0.717) is 0 Å². The van der Waals surface area contributed by atoms with E-state index in [1.165, 1.54) is 7.11 Å². The van der Waals surface area contributed by atoms with Crippen molar-refractivity contribution in [2.75, 3.05) is 40.8 Å². The number of rotatable bonds is 12. The first kappa shape index (κ1) is 17.4. The van der Waals surface area contributed by atoms with Crippen molar-refractivity contribution in [2.24, 2.45) is 0 Å². The smallest absolute Gasteiger partial charge is 0.322 e. The highest BCUT2D eigenvalue weighted by Crippen LogP contribution is 2.03. The molecule has 0 aliphatic carbocycles. The molecule has 18 heavy (non-hydrogen) atoms. The molecule has 0 aliphatic heterocycles. The van der Waals surface area contributed by atoms with Gasteiger partial charge in [-0.2, -0.15) is 0 Å². The van der Waals surface area contributed by atoms with Gasteiger partial charge < -0.3 is 20.7 Å². The number of hydrogen-bond donors (Lipinski definition) is 3. The molecule has 5 nitrogen and oxygen atoms in total. The zero-order valence-corrected chi connectivity index (χ0v) is 12.1. The molecule has 0 rings (SSSR count). The van der Waals surface area contributed by atoms with Crippen LogP contribution in [0, 0.1) is 0 Å². The normalized spacial score (nSPS) is 12.4. The molecule has 1 atom stereocenters. The fraction of sp³-hybridized carbons (Fsp3) is 0.923. The molecular formula is C13H29N3O2. The van der Waals surface area contributed by atoms with Gasteiger partial charge in [-0.05, 0) is 59.4 Å². The molecule has 0 heterocycles. The maximum Gasteiger partial charge on any atom is 0.322 e. The van der Waals surface area contributed by atoms with Gasteiger partial charge in [-0.1, -0.05) is 6.42 Å².